The Bertz CT molecular complexity index is 503. The van der Waals surface area contributed by atoms with Gasteiger partial charge in [0.1, 0.15) is 5.69 Å². The highest BCUT2D eigenvalue weighted by atomic mass is 16.4. The van der Waals surface area contributed by atoms with Gasteiger partial charge < -0.3 is 14.6 Å². The number of carboxylic acids is 1. The van der Waals surface area contributed by atoms with E-state index in [1.807, 2.05) is 24.6 Å². The number of hydrogen-bond donors (Lipinski definition) is 1. The van der Waals surface area contributed by atoms with E-state index < -0.39 is 11.9 Å². The molecule has 1 atom stereocenters. The van der Waals surface area contributed by atoms with E-state index in [-0.39, 0.29) is 18.5 Å². The van der Waals surface area contributed by atoms with Gasteiger partial charge >= 0.3 is 5.97 Å². The minimum absolute atomic E-state index is 0.0637. The first-order chi connectivity index (χ1) is 8.91. The summed E-state index contributed by atoms with van der Waals surface area (Å²) < 4.78 is 1.85. The first kappa shape index (κ1) is 13.6. The van der Waals surface area contributed by atoms with Gasteiger partial charge in [-0.05, 0) is 31.9 Å². The van der Waals surface area contributed by atoms with E-state index in [4.69, 9.17) is 5.11 Å². The van der Waals surface area contributed by atoms with Gasteiger partial charge in [-0.3, -0.25) is 9.59 Å². The molecule has 1 amide bonds. The van der Waals surface area contributed by atoms with Crippen LogP contribution >= 0.6 is 0 Å². The topological polar surface area (TPSA) is 62.5 Å². The Morgan fingerprint density at radius 3 is 2.53 bits per heavy atom. The molecule has 0 spiro atoms. The molecule has 104 valence electrons. The van der Waals surface area contributed by atoms with Crippen molar-refractivity contribution in [3.8, 4) is 0 Å². The molecule has 0 radical (unpaired) electrons. The monoisotopic (exact) mass is 264 g/mol. The molecule has 1 aliphatic rings. The molecule has 1 heterocycles. The van der Waals surface area contributed by atoms with E-state index in [9.17, 15) is 9.59 Å². The third-order valence-electron chi connectivity index (χ3n) is 3.73. The van der Waals surface area contributed by atoms with Gasteiger partial charge in [-0.1, -0.05) is 6.92 Å². The molecular weight excluding hydrogens is 244 g/mol. The van der Waals surface area contributed by atoms with Gasteiger partial charge in [0, 0.05) is 25.3 Å². The quantitative estimate of drug-likeness (QED) is 0.879. The van der Waals surface area contributed by atoms with E-state index in [1.54, 1.807) is 17.9 Å². The number of carboxylic acid groups (broad SMARTS) is 1. The second-order valence-corrected chi connectivity index (χ2v) is 5.35. The number of carbonyl (C=O) groups is 2. The zero-order valence-corrected chi connectivity index (χ0v) is 11.6. The highest BCUT2D eigenvalue weighted by molar-refractivity contribution is 5.93. The number of aryl methyl sites for hydroxylation is 1. The summed E-state index contributed by atoms with van der Waals surface area (Å²) in [6.45, 7) is 3.86. The maximum Gasteiger partial charge on any atom is 0.308 e. The van der Waals surface area contributed by atoms with Crippen LogP contribution in [0.5, 0.6) is 0 Å². The summed E-state index contributed by atoms with van der Waals surface area (Å²) in [4.78, 5) is 25.2. The Labute approximate surface area is 112 Å². The first-order valence-electron chi connectivity index (χ1n) is 6.58. The molecule has 5 nitrogen and oxygen atoms in total. The van der Waals surface area contributed by atoms with Gasteiger partial charge in [-0.25, -0.2) is 0 Å². The predicted octanol–water partition coefficient (Wildman–Crippen LogP) is 1.66. The number of amides is 1. The Morgan fingerprint density at radius 2 is 2.11 bits per heavy atom. The number of hydrogen-bond acceptors (Lipinski definition) is 2. The van der Waals surface area contributed by atoms with E-state index in [2.05, 4.69) is 0 Å². The van der Waals surface area contributed by atoms with Gasteiger partial charge in [0.25, 0.3) is 5.91 Å². The second kappa shape index (κ2) is 5.07. The first-order valence-corrected chi connectivity index (χ1v) is 6.58. The normalized spacial score (nSPS) is 16.2. The Hall–Kier alpha value is -1.78. The molecule has 1 N–H and O–H groups in total. The SMILES string of the molecule is Cc1ccc(C(=O)N(CC(C)C(=O)O)C2CC2)n1C. The molecule has 5 heteroatoms. The van der Waals surface area contributed by atoms with Gasteiger partial charge in [0.15, 0.2) is 0 Å². The third-order valence-corrected chi connectivity index (χ3v) is 3.73. The second-order valence-electron chi connectivity index (χ2n) is 5.35. The lowest BCUT2D eigenvalue weighted by Gasteiger charge is -2.24. The molecular formula is C14H20N2O3. The van der Waals surface area contributed by atoms with E-state index in [0.29, 0.717) is 5.69 Å². The lowest BCUT2D eigenvalue weighted by Crippen LogP contribution is -2.39. The van der Waals surface area contributed by atoms with Gasteiger partial charge in [-0.15, -0.1) is 0 Å². The van der Waals surface area contributed by atoms with Crippen molar-refractivity contribution in [3.63, 3.8) is 0 Å². The smallest absolute Gasteiger partial charge is 0.308 e. The zero-order valence-electron chi connectivity index (χ0n) is 11.6. The fourth-order valence-corrected chi connectivity index (χ4v) is 2.13. The van der Waals surface area contributed by atoms with Crippen LogP contribution in [0.15, 0.2) is 12.1 Å². The van der Waals surface area contributed by atoms with Crippen molar-refractivity contribution in [1.82, 2.24) is 9.47 Å². The minimum atomic E-state index is -0.860. The number of aromatic nitrogens is 1. The van der Waals surface area contributed by atoms with Crippen LogP contribution < -0.4 is 0 Å². The summed E-state index contributed by atoms with van der Waals surface area (Å²) in [5, 5.41) is 9.00. The summed E-state index contributed by atoms with van der Waals surface area (Å²) >= 11 is 0. The minimum Gasteiger partial charge on any atom is -0.481 e. The van der Waals surface area contributed by atoms with E-state index >= 15 is 0 Å². The fourth-order valence-electron chi connectivity index (χ4n) is 2.13. The Morgan fingerprint density at radius 1 is 1.47 bits per heavy atom. The molecule has 1 aliphatic carbocycles. The van der Waals surface area contributed by atoms with Crippen LogP contribution in [0.2, 0.25) is 0 Å². The molecule has 0 saturated heterocycles. The number of carbonyl (C=O) groups excluding carboxylic acids is 1. The molecule has 0 bridgehead atoms. The molecule has 1 aromatic rings. The third kappa shape index (κ3) is 2.80. The van der Waals surface area contributed by atoms with Crippen molar-refractivity contribution < 1.29 is 14.7 Å². The van der Waals surface area contributed by atoms with Crippen molar-refractivity contribution in [2.45, 2.75) is 32.7 Å². The summed E-state index contributed by atoms with van der Waals surface area (Å²) in [6.07, 6.45) is 1.95. The van der Waals surface area contributed by atoms with Crippen molar-refractivity contribution in [1.29, 1.82) is 0 Å². The summed E-state index contributed by atoms with van der Waals surface area (Å²) in [7, 11) is 1.86. The van der Waals surface area contributed by atoms with Crippen LogP contribution in [0.4, 0.5) is 0 Å². The summed E-state index contributed by atoms with van der Waals surface area (Å²) in [5.41, 5.74) is 1.65. The predicted molar refractivity (Wildman–Crippen MR) is 71.0 cm³/mol. The maximum absolute atomic E-state index is 12.5. The Balaban J connectivity index is 2.17. The molecule has 0 aromatic carbocycles. The van der Waals surface area contributed by atoms with Crippen LogP contribution in [0.3, 0.4) is 0 Å². The van der Waals surface area contributed by atoms with Gasteiger partial charge in [0.2, 0.25) is 0 Å². The van der Waals surface area contributed by atoms with Crippen LogP contribution in [0.1, 0.15) is 35.9 Å². The number of rotatable bonds is 5. The summed E-state index contributed by atoms with van der Waals surface area (Å²) in [6, 6.07) is 3.92. The molecule has 1 fully saturated rings. The average Bonchev–Trinajstić information content (AvgIpc) is 3.14. The molecule has 19 heavy (non-hydrogen) atoms. The lowest BCUT2D eigenvalue weighted by atomic mass is 10.1. The van der Waals surface area contributed by atoms with Crippen molar-refractivity contribution in [2.24, 2.45) is 13.0 Å². The van der Waals surface area contributed by atoms with Crippen molar-refractivity contribution >= 4 is 11.9 Å². The number of aliphatic carboxylic acids is 1. The van der Waals surface area contributed by atoms with Crippen molar-refractivity contribution in [3.05, 3.63) is 23.5 Å². The Kier molecular flexibility index (Phi) is 3.64. The van der Waals surface area contributed by atoms with Crippen LogP contribution in [0, 0.1) is 12.8 Å². The fraction of sp³-hybridized carbons (Fsp3) is 0.571. The van der Waals surface area contributed by atoms with Crippen LogP contribution in [-0.2, 0) is 11.8 Å². The van der Waals surface area contributed by atoms with E-state index in [1.165, 1.54) is 0 Å². The van der Waals surface area contributed by atoms with E-state index in [0.717, 1.165) is 18.5 Å². The largest absolute Gasteiger partial charge is 0.481 e. The lowest BCUT2D eigenvalue weighted by molar-refractivity contribution is -0.141. The molecule has 2 rings (SSSR count). The average molecular weight is 264 g/mol. The molecule has 1 saturated carbocycles. The van der Waals surface area contributed by atoms with Crippen LogP contribution in [-0.4, -0.2) is 39.0 Å². The highest BCUT2D eigenvalue weighted by Crippen LogP contribution is 2.29. The maximum atomic E-state index is 12.5. The molecule has 0 aliphatic heterocycles. The van der Waals surface area contributed by atoms with Gasteiger partial charge in [-0.2, -0.15) is 0 Å². The van der Waals surface area contributed by atoms with Gasteiger partial charge in [0.05, 0.1) is 5.92 Å². The van der Waals surface area contributed by atoms with Crippen LogP contribution in [0.25, 0.3) is 0 Å². The highest BCUT2D eigenvalue weighted by Gasteiger charge is 2.35. The zero-order chi connectivity index (χ0) is 14.2. The molecule has 1 unspecified atom stereocenters. The molecule has 1 aromatic heterocycles. The van der Waals surface area contributed by atoms with Crippen molar-refractivity contribution in [2.75, 3.05) is 6.54 Å². The standard InChI is InChI=1S/C14H20N2O3/c1-9(14(18)19)8-16(11-5-6-11)13(17)12-7-4-10(2)15(12)3/h4,7,9,11H,5-6,8H2,1-3H3,(H,18,19). The number of nitrogens with zero attached hydrogens (tertiary/aromatic N) is 2. The summed E-state index contributed by atoms with van der Waals surface area (Å²) in [5.74, 6) is -1.46.